The third-order valence-corrected chi connectivity index (χ3v) is 7.12. The van der Waals surface area contributed by atoms with Crippen LogP contribution < -0.4 is 20.3 Å². The Morgan fingerprint density at radius 3 is 2.60 bits per heavy atom. The number of rotatable bonds is 9. The molecule has 1 aliphatic rings. The molecule has 1 fully saturated rings. The molecule has 5 rings (SSSR count). The van der Waals surface area contributed by atoms with Gasteiger partial charge in [0.25, 0.3) is 11.5 Å². The molecule has 8 heteroatoms. The van der Waals surface area contributed by atoms with E-state index in [4.69, 9.17) is 14.5 Å². The van der Waals surface area contributed by atoms with Crippen LogP contribution >= 0.6 is 0 Å². The number of carbonyl (C=O) groups is 1. The van der Waals surface area contributed by atoms with E-state index in [2.05, 4.69) is 10.4 Å². The summed E-state index contributed by atoms with van der Waals surface area (Å²) < 4.78 is 13.1. The van der Waals surface area contributed by atoms with Gasteiger partial charge in [0.1, 0.15) is 5.82 Å². The first-order chi connectivity index (χ1) is 19.5. The zero-order chi connectivity index (χ0) is 27.9. The molecule has 3 aromatic carbocycles. The molecule has 0 radical (unpaired) electrons. The number of carbonyl (C=O) groups excluding carboxylic acids is 1. The van der Waals surface area contributed by atoms with Gasteiger partial charge in [0.05, 0.1) is 23.7 Å². The molecule has 1 aliphatic carbocycles. The lowest BCUT2D eigenvalue weighted by molar-refractivity contribution is -0.118. The van der Waals surface area contributed by atoms with Crippen molar-refractivity contribution in [3.05, 3.63) is 94.0 Å². The number of fused-ring (bicyclic) bond motifs is 1. The van der Waals surface area contributed by atoms with Gasteiger partial charge in [-0.15, -0.1) is 0 Å². The second-order valence-electron chi connectivity index (χ2n) is 9.97. The molecule has 1 N–H and O–H groups in total. The van der Waals surface area contributed by atoms with Crippen molar-refractivity contribution in [2.75, 3.05) is 18.5 Å². The molecular formula is C32H34N4O4. The Morgan fingerprint density at radius 2 is 1.80 bits per heavy atom. The van der Waals surface area contributed by atoms with Gasteiger partial charge in [-0.2, -0.15) is 9.78 Å². The highest BCUT2D eigenvalue weighted by molar-refractivity contribution is 5.92. The highest BCUT2D eigenvalue weighted by atomic mass is 16.5. The molecule has 1 amide bonds. The number of hydrogen-bond acceptors (Lipinski definition) is 6. The molecule has 40 heavy (non-hydrogen) atoms. The lowest BCUT2D eigenvalue weighted by Crippen LogP contribution is -2.25. The van der Waals surface area contributed by atoms with Crippen molar-refractivity contribution in [3.8, 4) is 11.5 Å². The highest BCUT2D eigenvalue weighted by Crippen LogP contribution is 2.32. The largest absolute Gasteiger partial charge is 0.490 e. The molecule has 0 saturated heterocycles. The molecule has 4 aromatic rings. The van der Waals surface area contributed by atoms with Crippen LogP contribution in [0.15, 0.2) is 76.6 Å². The highest BCUT2D eigenvalue weighted by Gasteiger charge is 2.22. The zero-order valence-electron chi connectivity index (χ0n) is 22.9. The van der Waals surface area contributed by atoms with Gasteiger partial charge in [-0.1, -0.05) is 49.6 Å². The van der Waals surface area contributed by atoms with Gasteiger partial charge >= 0.3 is 0 Å². The van der Waals surface area contributed by atoms with Crippen molar-refractivity contribution in [1.82, 2.24) is 9.66 Å². The smallest absolute Gasteiger partial charge is 0.282 e. The van der Waals surface area contributed by atoms with Crippen LogP contribution in [-0.4, -0.2) is 35.0 Å². The Hall–Kier alpha value is -4.46. The van der Waals surface area contributed by atoms with Crippen LogP contribution in [0.2, 0.25) is 0 Å². The number of nitrogens with one attached hydrogen (secondary N) is 1. The summed E-state index contributed by atoms with van der Waals surface area (Å²) in [5, 5.41) is 8.03. The molecule has 0 atom stereocenters. The molecule has 0 unspecified atom stereocenters. The average Bonchev–Trinajstić information content (AvgIpc) is 2.98. The minimum absolute atomic E-state index is 0.162. The molecule has 206 valence electrons. The SMILES string of the molecule is CCOc1cc(C=Nn2c(C3CCCCC3)nc3ccccc3c2=O)ccc1OCC(=O)Nc1ccccc1C. The Kier molecular flexibility index (Phi) is 8.54. The van der Waals surface area contributed by atoms with Crippen molar-refractivity contribution in [3.63, 3.8) is 0 Å². The fraction of sp³-hybridized carbons (Fsp3) is 0.312. The minimum atomic E-state index is -0.263. The normalized spacial score (nSPS) is 13.9. The minimum Gasteiger partial charge on any atom is -0.490 e. The van der Waals surface area contributed by atoms with Crippen LogP contribution in [0.25, 0.3) is 10.9 Å². The number of amides is 1. The summed E-state index contributed by atoms with van der Waals surface area (Å²) in [5.41, 5.74) is 2.98. The number of hydrogen-bond donors (Lipinski definition) is 1. The maximum atomic E-state index is 13.5. The van der Waals surface area contributed by atoms with Gasteiger partial charge in [0.15, 0.2) is 18.1 Å². The lowest BCUT2D eigenvalue weighted by atomic mass is 9.88. The van der Waals surface area contributed by atoms with Crippen LogP contribution in [0.4, 0.5) is 5.69 Å². The van der Waals surface area contributed by atoms with E-state index in [-0.39, 0.29) is 24.0 Å². The Morgan fingerprint density at radius 1 is 1.02 bits per heavy atom. The summed E-state index contributed by atoms with van der Waals surface area (Å²) in [7, 11) is 0. The van der Waals surface area contributed by atoms with E-state index in [0.717, 1.165) is 42.5 Å². The number of ether oxygens (including phenoxy) is 2. The van der Waals surface area contributed by atoms with Crippen LogP contribution in [0.3, 0.4) is 0 Å². The van der Waals surface area contributed by atoms with Crippen molar-refractivity contribution < 1.29 is 14.3 Å². The van der Waals surface area contributed by atoms with Crippen molar-refractivity contribution in [1.29, 1.82) is 0 Å². The summed E-state index contributed by atoms with van der Waals surface area (Å²) in [5.74, 6) is 1.59. The van der Waals surface area contributed by atoms with E-state index in [9.17, 15) is 9.59 Å². The van der Waals surface area contributed by atoms with Crippen molar-refractivity contribution >= 4 is 28.7 Å². The standard InChI is InChI=1S/C32H34N4O4/c1-3-39-29-19-23(17-18-28(29)40-21-30(37)34-26-15-9-7-11-22(26)2)20-33-36-31(24-12-5-4-6-13-24)35-27-16-10-8-14-25(27)32(36)38/h7-11,14-20,24H,3-6,12-13,21H2,1-2H3,(H,34,37). The molecule has 0 spiro atoms. The monoisotopic (exact) mass is 538 g/mol. The second-order valence-corrected chi connectivity index (χ2v) is 9.97. The van der Waals surface area contributed by atoms with Crippen LogP contribution in [-0.2, 0) is 4.79 Å². The molecule has 0 aliphatic heterocycles. The van der Waals surface area contributed by atoms with E-state index >= 15 is 0 Å². The summed E-state index contributed by atoms with van der Waals surface area (Å²) >= 11 is 0. The number of aryl methyl sites for hydroxylation is 1. The molecular weight excluding hydrogens is 504 g/mol. The predicted molar refractivity (Wildman–Crippen MR) is 158 cm³/mol. The fourth-order valence-electron chi connectivity index (χ4n) is 5.04. The third kappa shape index (κ3) is 6.22. The van der Waals surface area contributed by atoms with Gasteiger partial charge < -0.3 is 14.8 Å². The van der Waals surface area contributed by atoms with E-state index in [1.165, 1.54) is 11.1 Å². The number of nitrogens with zero attached hydrogens (tertiary/aromatic N) is 3. The maximum absolute atomic E-state index is 13.5. The zero-order valence-corrected chi connectivity index (χ0v) is 22.9. The van der Waals surface area contributed by atoms with Crippen LogP contribution in [0, 0.1) is 6.92 Å². The van der Waals surface area contributed by atoms with Gasteiger partial charge in [0, 0.05) is 11.6 Å². The number of anilines is 1. The third-order valence-electron chi connectivity index (χ3n) is 7.12. The Balaban J connectivity index is 1.38. The summed E-state index contributed by atoms with van der Waals surface area (Å²) in [6, 6.07) is 20.3. The van der Waals surface area contributed by atoms with Crippen LogP contribution in [0.1, 0.15) is 61.9 Å². The van der Waals surface area contributed by atoms with Crippen molar-refractivity contribution in [2.45, 2.75) is 51.9 Å². The predicted octanol–water partition coefficient (Wildman–Crippen LogP) is 6.05. The van der Waals surface area contributed by atoms with Gasteiger partial charge in [-0.25, -0.2) is 4.98 Å². The molecule has 1 saturated carbocycles. The summed E-state index contributed by atoms with van der Waals surface area (Å²) in [4.78, 5) is 30.8. The van der Waals surface area contributed by atoms with Crippen LogP contribution in [0.5, 0.6) is 11.5 Å². The quantitative estimate of drug-likeness (QED) is 0.262. The lowest BCUT2D eigenvalue weighted by Gasteiger charge is -2.22. The number of para-hydroxylation sites is 2. The maximum Gasteiger partial charge on any atom is 0.282 e. The van der Waals surface area contributed by atoms with Gasteiger partial charge in [-0.05, 0) is 74.2 Å². The van der Waals surface area contributed by atoms with E-state index in [1.54, 1.807) is 24.4 Å². The first-order valence-corrected chi connectivity index (χ1v) is 13.8. The van der Waals surface area contributed by atoms with E-state index in [1.807, 2.05) is 62.4 Å². The molecule has 0 bridgehead atoms. The Labute approximate surface area is 233 Å². The first-order valence-electron chi connectivity index (χ1n) is 13.8. The molecule has 8 nitrogen and oxygen atoms in total. The van der Waals surface area contributed by atoms with Crippen molar-refractivity contribution in [2.24, 2.45) is 5.10 Å². The van der Waals surface area contributed by atoms with Gasteiger partial charge in [-0.3, -0.25) is 9.59 Å². The topological polar surface area (TPSA) is 94.8 Å². The Bertz CT molecular complexity index is 1590. The first kappa shape index (κ1) is 27.1. The molecule has 1 aromatic heterocycles. The number of aromatic nitrogens is 2. The number of benzene rings is 3. The van der Waals surface area contributed by atoms with Gasteiger partial charge in [0.2, 0.25) is 0 Å². The second kappa shape index (κ2) is 12.6. The fourth-order valence-corrected chi connectivity index (χ4v) is 5.04. The molecule has 1 heterocycles. The summed E-state index contributed by atoms with van der Waals surface area (Å²) in [6.45, 7) is 4.08. The summed E-state index contributed by atoms with van der Waals surface area (Å²) in [6.07, 6.45) is 7.09. The van der Waals surface area contributed by atoms with E-state index in [0.29, 0.717) is 34.8 Å². The average molecular weight is 539 g/mol. The van der Waals surface area contributed by atoms with E-state index < -0.39 is 0 Å².